The Morgan fingerprint density at radius 2 is 1.44 bits per heavy atom. The molecule has 1 heterocycles. The lowest BCUT2D eigenvalue weighted by molar-refractivity contribution is -0.392. The Morgan fingerprint density at radius 3 is 2.04 bits per heavy atom. The topological polar surface area (TPSA) is 181 Å². The van der Waals surface area contributed by atoms with Crippen LogP contribution in [0.3, 0.4) is 0 Å². The van der Waals surface area contributed by atoms with Crippen LogP contribution >= 0.6 is 0 Å². The summed E-state index contributed by atoms with van der Waals surface area (Å²) in [5.74, 6) is -6.68. The number of phenols is 1. The van der Waals surface area contributed by atoms with Crippen molar-refractivity contribution >= 4 is 51.7 Å². The zero-order valence-corrected chi connectivity index (χ0v) is 29.7. The Kier molecular flexibility index (Phi) is 8.32. The fraction of sp³-hybridized carbons (Fsp3) is 0.238. The molecule has 1 aliphatic heterocycles. The highest BCUT2D eigenvalue weighted by Gasteiger charge is 2.66. The molecule has 6 atom stereocenters. The van der Waals surface area contributed by atoms with Crippen LogP contribution in [0.25, 0.3) is 5.57 Å². The molecular weight excluding hydrogens is 704 g/mol. The molecule has 0 aromatic heterocycles. The molecule has 8 rings (SSSR count). The Hall–Kier alpha value is -6.76. The van der Waals surface area contributed by atoms with E-state index in [9.17, 15) is 34.9 Å². The van der Waals surface area contributed by atoms with Gasteiger partial charge in [0.05, 0.1) is 32.8 Å². The first-order chi connectivity index (χ1) is 26.4. The van der Waals surface area contributed by atoms with Crippen LogP contribution in [0.4, 0.5) is 22.7 Å². The number of fused-ring (bicyclic) bond motifs is 4. The molecule has 3 aliphatic carbocycles. The number of hydrogen-bond donors (Lipinski definition) is 1. The summed E-state index contributed by atoms with van der Waals surface area (Å²) in [7, 11) is 2.83. The van der Waals surface area contributed by atoms with E-state index in [1.807, 2.05) is 24.3 Å². The molecule has 13 heteroatoms. The number of rotatable bonds is 7. The third-order valence-electron chi connectivity index (χ3n) is 11.7. The summed E-state index contributed by atoms with van der Waals surface area (Å²) < 4.78 is 0. The second-order valence-electron chi connectivity index (χ2n) is 14.6. The molecule has 0 spiro atoms. The lowest BCUT2D eigenvalue weighted by Gasteiger charge is -2.55. The van der Waals surface area contributed by atoms with Crippen molar-refractivity contribution in [2.75, 3.05) is 23.9 Å². The normalized spacial score (nSPS) is 25.7. The molecule has 55 heavy (non-hydrogen) atoms. The number of allylic oxidation sites excluding steroid dienone is 4. The number of carbonyl (C=O) groups is 4. The number of anilines is 2. The van der Waals surface area contributed by atoms with Crippen LogP contribution in [0.1, 0.15) is 35.4 Å². The number of phenolic OH excluding ortho intramolecular Hbond substituents is 1. The van der Waals surface area contributed by atoms with Gasteiger partial charge in [0.25, 0.3) is 0 Å². The number of carbonyl (C=O) groups excluding carboxylic acids is 4. The number of hydrogen-bond acceptors (Lipinski definition) is 10. The Labute approximate surface area is 314 Å². The Bertz CT molecular complexity index is 2370. The summed E-state index contributed by atoms with van der Waals surface area (Å²) in [5.41, 5.74) is -0.801. The van der Waals surface area contributed by atoms with Crippen LogP contribution in [0.5, 0.6) is 5.75 Å². The third-order valence-corrected chi connectivity index (χ3v) is 11.7. The van der Waals surface area contributed by atoms with Crippen molar-refractivity contribution in [2.24, 2.45) is 23.7 Å². The van der Waals surface area contributed by atoms with Crippen LogP contribution in [0.2, 0.25) is 0 Å². The van der Waals surface area contributed by atoms with Crippen molar-refractivity contribution < 1.29 is 34.1 Å². The van der Waals surface area contributed by atoms with Crippen LogP contribution in [-0.4, -0.2) is 52.4 Å². The molecule has 0 unspecified atom stereocenters. The second kappa shape index (κ2) is 13.0. The number of amides is 2. The highest BCUT2D eigenvalue weighted by atomic mass is 16.6. The minimum atomic E-state index is -1.49. The number of nitrogens with zero attached hydrogens (tertiary/aromatic N) is 4. The number of aromatic hydroxyl groups is 1. The van der Waals surface area contributed by atoms with Gasteiger partial charge >= 0.3 is 11.4 Å². The molecule has 4 aliphatic rings. The molecule has 276 valence electrons. The first-order valence-electron chi connectivity index (χ1n) is 17.8. The summed E-state index contributed by atoms with van der Waals surface area (Å²) in [6.07, 6.45) is 3.34. The van der Waals surface area contributed by atoms with E-state index in [-0.39, 0.29) is 47.1 Å². The number of imide groups is 1. The van der Waals surface area contributed by atoms with Crippen molar-refractivity contribution in [1.29, 1.82) is 0 Å². The second-order valence-corrected chi connectivity index (χ2v) is 14.6. The fourth-order valence-corrected chi connectivity index (χ4v) is 9.66. The van der Waals surface area contributed by atoms with E-state index in [0.717, 1.165) is 17.0 Å². The predicted molar refractivity (Wildman–Crippen MR) is 201 cm³/mol. The first-order valence-corrected chi connectivity index (χ1v) is 17.8. The minimum absolute atomic E-state index is 0.0126. The zero-order valence-electron chi connectivity index (χ0n) is 29.7. The van der Waals surface area contributed by atoms with Crippen LogP contribution < -0.4 is 9.80 Å². The number of nitro benzene ring substituents is 2. The minimum Gasteiger partial charge on any atom is -0.508 e. The lowest BCUT2D eigenvalue weighted by atomic mass is 9.44. The predicted octanol–water partition coefficient (Wildman–Crippen LogP) is 6.30. The van der Waals surface area contributed by atoms with Gasteiger partial charge in [-0.3, -0.25) is 39.4 Å². The highest BCUT2D eigenvalue weighted by Crippen LogP contribution is 2.64. The summed E-state index contributed by atoms with van der Waals surface area (Å²) >= 11 is 0. The monoisotopic (exact) mass is 738 g/mol. The van der Waals surface area contributed by atoms with Gasteiger partial charge in [-0.1, -0.05) is 84.4 Å². The SMILES string of the molecule is CN(C)c1c([N+](=O)[O-])cc(N2C(=O)[C@H]3[C@H](CC=C4[C@H]3C[C@H]3C(=O)C(c5ccccc5)=CC(=O)[C@@]3(c3ccccc3)[C@H]4c3cccc(O)c3)C2=O)cc1[N+](=O)[O-]. The molecule has 4 aromatic rings. The summed E-state index contributed by atoms with van der Waals surface area (Å²) in [4.78, 5) is 84.0. The van der Waals surface area contributed by atoms with Crippen molar-refractivity contribution in [2.45, 2.75) is 24.2 Å². The first kappa shape index (κ1) is 35.3. The molecular formula is C42H34N4O9. The van der Waals surface area contributed by atoms with E-state index in [0.29, 0.717) is 22.3 Å². The zero-order chi connectivity index (χ0) is 38.9. The maximum Gasteiger partial charge on any atom is 0.301 e. The Morgan fingerprint density at radius 1 is 0.800 bits per heavy atom. The van der Waals surface area contributed by atoms with Gasteiger partial charge in [-0.25, -0.2) is 4.90 Å². The summed E-state index contributed by atoms with van der Waals surface area (Å²) in [5, 5.41) is 35.2. The van der Waals surface area contributed by atoms with Gasteiger partial charge in [-0.15, -0.1) is 0 Å². The van der Waals surface area contributed by atoms with E-state index in [1.54, 1.807) is 60.7 Å². The molecule has 1 saturated carbocycles. The summed E-state index contributed by atoms with van der Waals surface area (Å²) in [6.45, 7) is 0. The molecule has 1 saturated heterocycles. The quantitative estimate of drug-likeness (QED) is 0.0978. The number of nitro groups is 2. The van der Waals surface area contributed by atoms with E-state index in [2.05, 4.69) is 0 Å². The maximum absolute atomic E-state index is 15.1. The standard InChI is InChI=1S/C42H34N4O9/c1-43(2)38-33(45(52)53)19-26(20-34(38)46(54)55)44-40(50)29-17-16-28-31(36(29)41(44)51)21-32-39(49)30(23-10-5-3-6-11-23)22-35(48)42(32,25-13-7-4-8-14-25)37(28)24-12-9-15-27(47)18-24/h3-16,18-20,22,29,31-32,36-37,47H,17,21H2,1-2H3/t29-,31+,32-,36-,37-,42-/m0/s1. The molecule has 2 amide bonds. The van der Waals surface area contributed by atoms with Gasteiger partial charge in [0, 0.05) is 43.6 Å². The molecule has 2 fully saturated rings. The van der Waals surface area contributed by atoms with E-state index in [4.69, 9.17) is 0 Å². The average Bonchev–Trinajstić information content (AvgIpc) is 3.44. The number of benzene rings is 4. The van der Waals surface area contributed by atoms with Crippen molar-refractivity contribution in [3.8, 4) is 5.75 Å². The molecule has 0 radical (unpaired) electrons. The van der Waals surface area contributed by atoms with E-state index < -0.39 is 68.0 Å². The van der Waals surface area contributed by atoms with E-state index in [1.165, 1.54) is 31.1 Å². The Balaban J connectivity index is 1.33. The molecule has 1 N–H and O–H groups in total. The van der Waals surface area contributed by atoms with Gasteiger partial charge in [0.2, 0.25) is 11.8 Å². The van der Waals surface area contributed by atoms with Gasteiger partial charge in [0.15, 0.2) is 17.3 Å². The molecule has 13 nitrogen and oxygen atoms in total. The number of Topliss-reactive ketones (excluding diaryl/α,β-unsaturated/α-hetero) is 1. The van der Waals surface area contributed by atoms with Crippen molar-refractivity contribution in [1.82, 2.24) is 0 Å². The molecule has 0 bridgehead atoms. The van der Waals surface area contributed by atoms with Gasteiger partial charge in [-0.2, -0.15) is 0 Å². The molecule has 4 aromatic carbocycles. The third kappa shape index (κ3) is 5.21. The van der Waals surface area contributed by atoms with Gasteiger partial charge < -0.3 is 10.0 Å². The smallest absolute Gasteiger partial charge is 0.301 e. The van der Waals surface area contributed by atoms with Gasteiger partial charge in [0.1, 0.15) is 5.75 Å². The fourth-order valence-electron chi connectivity index (χ4n) is 9.66. The lowest BCUT2D eigenvalue weighted by Crippen LogP contribution is -2.58. The van der Waals surface area contributed by atoms with E-state index >= 15 is 9.59 Å². The van der Waals surface area contributed by atoms with Crippen LogP contribution in [0.15, 0.2) is 115 Å². The summed E-state index contributed by atoms with van der Waals surface area (Å²) in [6, 6.07) is 26.3. The number of ketones is 2. The maximum atomic E-state index is 15.1. The van der Waals surface area contributed by atoms with Crippen LogP contribution in [0, 0.1) is 43.9 Å². The van der Waals surface area contributed by atoms with Crippen LogP contribution in [-0.2, 0) is 24.6 Å². The van der Waals surface area contributed by atoms with Crippen molar-refractivity contribution in [3.63, 3.8) is 0 Å². The highest BCUT2D eigenvalue weighted by molar-refractivity contribution is 6.32. The average molecular weight is 739 g/mol. The largest absolute Gasteiger partial charge is 0.508 e. The van der Waals surface area contributed by atoms with Gasteiger partial charge in [-0.05, 0) is 53.7 Å². The van der Waals surface area contributed by atoms with Crippen molar-refractivity contribution in [3.05, 3.63) is 152 Å².